The largest absolute Gasteiger partial charge is 0.496 e. The summed E-state index contributed by atoms with van der Waals surface area (Å²) < 4.78 is 5.50. The van der Waals surface area contributed by atoms with E-state index in [4.69, 9.17) is 10.5 Å². The Balaban J connectivity index is 1.86. The third-order valence-corrected chi connectivity index (χ3v) is 4.60. The molecule has 0 atom stereocenters. The van der Waals surface area contributed by atoms with Gasteiger partial charge in [0.05, 0.1) is 12.8 Å². The highest BCUT2D eigenvalue weighted by molar-refractivity contribution is 6.08. The Morgan fingerprint density at radius 3 is 2.73 bits per heavy atom. The number of hydrogen-bond donors (Lipinski definition) is 2. The van der Waals surface area contributed by atoms with Gasteiger partial charge in [-0.2, -0.15) is 0 Å². The van der Waals surface area contributed by atoms with E-state index in [0.717, 1.165) is 35.3 Å². The number of amides is 1. The van der Waals surface area contributed by atoms with Crippen LogP contribution in [0.1, 0.15) is 28.9 Å². The predicted molar refractivity (Wildman–Crippen MR) is 101 cm³/mol. The van der Waals surface area contributed by atoms with Crippen molar-refractivity contribution in [3.63, 3.8) is 0 Å². The second kappa shape index (κ2) is 6.29. The number of nitrogen functional groups attached to an aromatic ring is 1. The van der Waals surface area contributed by atoms with Gasteiger partial charge in [-0.3, -0.25) is 4.79 Å². The molecular weight excluding hydrogens is 328 g/mol. The minimum Gasteiger partial charge on any atom is -0.496 e. The van der Waals surface area contributed by atoms with E-state index in [-0.39, 0.29) is 17.6 Å². The van der Waals surface area contributed by atoms with Crippen LogP contribution in [0.4, 0.5) is 5.69 Å². The number of aryl methyl sites for hydroxylation is 1. The van der Waals surface area contributed by atoms with E-state index >= 15 is 0 Å². The minimum atomic E-state index is -0.266. The lowest BCUT2D eigenvalue weighted by Crippen LogP contribution is -2.27. The first-order valence-corrected chi connectivity index (χ1v) is 8.59. The molecule has 3 aromatic rings. The lowest BCUT2D eigenvalue weighted by atomic mass is 9.99. The third kappa shape index (κ3) is 2.83. The topological polar surface area (TPSA) is 90.1 Å². The highest BCUT2D eigenvalue weighted by Gasteiger charge is 2.26. The molecule has 6 nitrogen and oxygen atoms in total. The molecule has 2 aromatic carbocycles. The maximum absolute atomic E-state index is 12.3. The van der Waals surface area contributed by atoms with E-state index < -0.39 is 0 Å². The number of carbonyl (C=O) groups is 1. The maximum Gasteiger partial charge on any atom is 0.274 e. The van der Waals surface area contributed by atoms with Crippen LogP contribution in [0.25, 0.3) is 22.0 Å². The summed E-state index contributed by atoms with van der Waals surface area (Å²) in [4.78, 5) is 12.3. The second-order valence-corrected chi connectivity index (χ2v) is 6.62. The molecule has 1 saturated carbocycles. The SMILES string of the molecule is COc1ccc(C)cc1-c1cccc2c(N)c(C(=O)NC3CC3)nnc12. The van der Waals surface area contributed by atoms with Gasteiger partial charge in [0.1, 0.15) is 11.3 Å². The fourth-order valence-electron chi connectivity index (χ4n) is 3.05. The number of aromatic nitrogens is 2. The second-order valence-electron chi connectivity index (χ2n) is 6.62. The summed E-state index contributed by atoms with van der Waals surface area (Å²) in [5.41, 5.74) is 10.3. The molecule has 0 saturated heterocycles. The zero-order valence-corrected chi connectivity index (χ0v) is 14.7. The summed E-state index contributed by atoms with van der Waals surface area (Å²) in [6.07, 6.45) is 2.01. The van der Waals surface area contributed by atoms with Crippen LogP contribution in [0, 0.1) is 6.92 Å². The van der Waals surface area contributed by atoms with E-state index in [2.05, 4.69) is 15.5 Å². The molecule has 0 bridgehead atoms. The standard InChI is InChI=1S/C20H20N4O2/c1-11-6-9-16(26-2)15(10-11)13-4-3-5-14-17(21)19(24-23-18(13)14)20(25)22-12-7-8-12/h3-6,9-10,12H,7-8H2,1-2H3,(H2,21,23)(H,22,25). The molecule has 1 aliphatic rings. The van der Waals surface area contributed by atoms with Crippen molar-refractivity contribution in [3.8, 4) is 16.9 Å². The van der Waals surface area contributed by atoms with Gasteiger partial charge >= 0.3 is 0 Å². The molecule has 0 radical (unpaired) electrons. The summed E-state index contributed by atoms with van der Waals surface area (Å²) in [5, 5.41) is 12.1. The van der Waals surface area contributed by atoms with Crippen LogP contribution in [-0.4, -0.2) is 29.3 Å². The molecule has 4 rings (SSSR count). The Hall–Kier alpha value is -3.15. The Morgan fingerprint density at radius 1 is 1.19 bits per heavy atom. The van der Waals surface area contributed by atoms with Gasteiger partial charge < -0.3 is 15.8 Å². The van der Waals surface area contributed by atoms with E-state index in [9.17, 15) is 4.79 Å². The van der Waals surface area contributed by atoms with Gasteiger partial charge in [-0.1, -0.05) is 29.8 Å². The molecule has 1 heterocycles. The molecule has 1 aliphatic carbocycles. The zero-order valence-electron chi connectivity index (χ0n) is 14.7. The number of fused-ring (bicyclic) bond motifs is 1. The third-order valence-electron chi connectivity index (χ3n) is 4.60. The Kier molecular flexibility index (Phi) is 3.95. The first-order valence-electron chi connectivity index (χ1n) is 8.59. The highest BCUT2D eigenvalue weighted by Crippen LogP contribution is 2.36. The van der Waals surface area contributed by atoms with Crippen LogP contribution < -0.4 is 15.8 Å². The summed E-state index contributed by atoms with van der Waals surface area (Å²) in [7, 11) is 1.64. The molecule has 26 heavy (non-hydrogen) atoms. The number of rotatable bonds is 4. The molecule has 1 aromatic heterocycles. The lowest BCUT2D eigenvalue weighted by Gasteiger charge is -2.13. The molecule has 0 unspecified atom stereocenters. The summed E-state index contributed by atoms with van der Waals surface area (Å²) in [6, 6.07) is 11.9. The van der Waals surface area contributed by atoms with Crippen molar-refractivity contribution in [3.05, 3.63) is 47.7 Å². The van der Waals surface area contributed by atoms with Crippen molar-refractivity contribution >= 4 is 22.5 Å². The van der Waals surface area contributed by atoms with Crippen molar-refractivity contribution in [1.82, 2.24) is 15.5 Å². The number of ether oxygens (including phenoxy) is 1. The monoisotopic (exact) mass is 348 g/mol. The molecule has 132 valence electrons. The van der Waals surface area contributed by atoms with Gasteiger partial charge in [0.25, 0.3) is 5.91 Å². The van der Waals surface area contributed by atoms with Crippen LogP contribution in [0.15, 0.2) is 36.4 Å². The summed E-state index contributed by atoms with van der Waals surface area (Å²) in [5.74, 6) is 0.483. The number of benzene rings is 2. The smallest absolute Gasteiger partial charge is 0.274 e. The van der Waals surface area contributed by atoms with Crippen molar-refractivity contribution in [2.24, 2.45) is 0 Å². The van der Waals surface area contributed by atoms with Crippen molar-refractivity contribution < 1.29 is 9.53 Å². The van der Waals surface area contributed by atoms with Gasteiger partial charge in [-0.15, -0.1) is 10.2 Å². The number of anilines is 1. The molecule has 3 N–H and O–H groups in total. The van der Waals surface area contributed by atoms with Crippen LogP contribution in [0.3, 0.4) is 0 Å². The number of nitrogens with zero attached hydrogens (tertiary/aromatic N) is 2. The normalized spacial score (nSPS) is 13.6. The molecule has 6 heteroatoms. The van der Waals surface area contributed by atoms with Crippen molar-refractivity contribution in [2.75, 3.05) is 12.8 Å². The Bertz CT molecular complexity index is 1010. The van der Waals surface area contributed by atoms with Crippen LogP contribution in [0.5, 0.6) is 5.75 Å². The Labute approximate surface area is 151 Å². The Morgan fingerprint density at radius 2 is 2.00 bits per heavy atom. The average molecular weight is 348 g/mol. The van der Waals surface area contributed by atoms with Gasteiger partial charge in [0.2, 0.25) is 0 Å². The van der Waals surface area contributed by atoms with Gasteiger partial charge in [0.15, 0.2) is 5.69 Å². The van der Waals surface area contributed by atoms with E-state index in [1.807, 2.05) is 43.3 Å². The molecule has 1 amide bonds. The van der Waals surface area contributed by atoms with Crippen LogP contribution >= 0.6 is 0 Å². The average Bonchev–Trinajstić information content (AvgIpc) is 3.45. The predicted octanol–water partition coefficient (Wildman–Crippen LogP) is 3.09. The number of carbonyl (C=O) groups excluding carboxylic acids is 1. The summed E-state index contributed by atoms with van der Waals surface area (Å²) in [6.45, 7) is 2.02. The zero-order chi connectivity index (χ0) is 18.3. The number of nitrogens with one attached hydrogen (secondary N) is 1. The van der Waals surface area contributed by atoms with E-state index in [0.29, 0.717) is 16.6 Å². The molecule has 0 aliphatic heterocycles. The molecule has 0 spiro atoms. The van der Waals surface area contributed by atoms with Gasteiger partial charge in [-0.05, 0) is 31.9 Å². The number of nitrogens with two attached hydrogens (primary N) is 1. The lowest BCUT2D eigenvalue weighted by molar-refractivity contribution is 0.0946. The highest BCUT2D eigenvalue weighted by atomic mass is 16.5. The maximum atomic E-state index is 12.3. The van der Waals surface area contributed by atoms with Gasteiger partial charge in [0, 0.05) is 22.6 Å². The first-order chi connectivity index (χ1) is 12.6. The first kappa shape index (κ1) is 16.3. The van der Waals surface area contributed by atoms with Crippen LogP contribution in [0.2, 0.25) is 0 Å². The molecule has 1 fully saturated rings. The van der Waals surface area contributed by atoms with Crippen molar-refractivity contribution in [2.45, 2.75) is 25.8 Å². The fraction of sp³-hybridized carbons (Fsp3) is 0.250. The fourth-order valence-corrected chi connectivity index (χ4v) is 3.05. The van der Waals surface area contributed by atoms with Gasteiger partial charge in [-0.25, -0.2) is 0 Å². The van der Waals surface area contributed by atoms with E-state index in [1.54, 1.807) is 7.11 Å². The number of hydrogen-bond acceptors (Lipinski definition) is 5. The summed E-state index contributed by atoms with van der Waals surface area (Å²) >= 11 is 0. The van der Waals surface area contributed by atoms with E-state index in [1.165, 1.54) is 0 Å². The number of methoxy groups -OCH3 is 1. The molecular formula is C20H20N4O2. The minimum absolute atomic E-state index is 0.178. The van der Waals surface area contributed by atoms with Crippen molar-refractivity contribution in [1.29, 1.82) is 0 Å². The quantitative estimate of drug-likeness (QED) is 0.756. The van der Waals surface area contributed by atoms with Crippen LogP contribution in [-0.2, 0) is 0 Å².